The van der Waals surface area contributed by atoms with Crippen LogP contribution in [0.25, 0.3) is 0 Å². The average molecular weight is 152 g/mol. The van der Waals surface area contributed by atoms with Crippen LogP contribution in [0.3, 0.4) is 0 Å². The van der Waals surface area contributed by atoms with Crippen molar-refractivity contribution in [2.75, 3.05) is 5.73 Å². The van der Waals surface area contributed by atoms with Crippen LogP contribution in [0.4, 0.5) is 10.1 Å². The maximum absolute atomic E-state index is 13.0. The Kier molecular flexibility index (Phi) is 1.31. The third-order valence-corrected chi connectivity index (χ3v) is 1.85. The van der Waals surface area contributed by atoms with Crippen molar-refractivity contribution in [3.05, 3.63) is 23.8 Å². The van der Waals surface area contributed by atoms with E-state index in [1.807, 2.05) is 0 Å². The highest BCUT2D eigenvalue weighted by molar-refractivity contribution is 5.37. The van der Waals surface area contributed by atoms with Crippen LogP contribution in [0.5, 0.6) is 0 Å². The van der Waals surface area contributed by atoms with E-state index in [4.69, 9.17) is 5.73 Å². The Balaban J connectivity index is 2.39. The van der Waals surface area contributed by atoms with Crippen molar-refractivity contribution in [1.82, 2.24) is 4.98 Å². The highest BCUT2D eigenvalue weighted by atomic mass is 19.1. The lowest BCUT2D eigenvalue weighted by Crippen LogP contribution is -1.95. The van der Waals surface area contributed by atoms with Gasteiger partial charge >= 0.3 is 0 Å². The van der Waals surface area contributed by atoms with Gasteiger partial charge in [-0.05, 0) is 12.8 Å². The molecule has 0 bridgehead atoms. The summed E-state index contributed by atoms with van der Waals surface area (Å²) in [6, 6.07) is 1.33. The number of hydrogen-bond acceptors (Lipinski definition) is 2. The second kappa shape index (κ2) is 2.19. The zero-order chi connectivity index (χ0) is 7.84. The molecule has 0 amide bonds. The Morgan fingerprint density at radius 3 is 2.82 bits per heavy atom. The lowest BCUT2D eigenvalue weighted by Gasteiger charge is -1.99. The van der Waals surface area contributed by atoms with Crippen LogP contribution < -0.4 is 5.73 Å². The summed E-state index contributed by atoms with van der Waals surface area (Å²) in [5, 5.41) is 0. The summed E-state index contributed by atoms with van der Waals surface area (Å²) in [5.41, 5.74) is 6.32. The third-order valence-electron chi connectivity index (χ3n) is 1.85. The Hall–Kier alpha value is -1.12. The molecule has 3 heteroatoms. The zero-order valence-electron chi connectivity index (χ0n) is 6.05. The van der Waals surface area contributed by atoms with Gasteiger partial charge in [0.25, 0.3) is 0 Å². The van der Waals surface area contributed by atoms with Gasteiger partial charge in [-0.15, -0.1) is 0 Å². The number of hydrogen-bond donors (Lipinski definition) is 1. The van der Waals surface area contributed by atoms with E-state index in [0.29, 0.717) is 17.3 Å². The van der Waals surface area contributed by atoms with Crippen molar-refractivity contribution in [2.24, 2.45) is 0 Å². The minimum atomic E-state index is -0.257. The van der Waals surface area contributed by atoms with Gasteiger partial charge < -0.3 is 5.73 Å². The molecule has 2 nitrogen and oxygen atoms in total. The van der Waals surface area contributed by atoms with Crippen LogP contribution in [0, 0.1) is 5.82 Å². The number of nitrogen functional groups attached to an aromatic ring is 1. The SMILES string of the molecule is Nc1cnc(C2CC2)c(F)c1. The lowest BCUT2D eigenvalue weighted by atomic mass is 10.2. The van der Waals surface area contributed by atoms with Crippen molar-refractivity contribution >= 4 is 5.69 Å². The van der Waals surface area contributed by atoms with E-state index in [1.54, 1.807) is 0 Å². The van der Waals surface area contributed by atoms with Gasteiger partial charge in [-0.25, -0.2) is 4.39 Å². The second-order valence-electron chi connectivity index (χ2n) is 2.91. The first-order chi connectivity index (χ1) is 5.27. The summed E-state index contributed by atoms with van der Waals surface area (Å²) in [5.74, 6) is 0.100. The monoisotopic (exact) mass is 152 g/mol. The molecule has 1 fully saturated rings. The van der Waals surface area contributed by atoms with E-state index in [9.17, 15) is 4.39 Å². The lowest BCUT2D eigenvalue weighted by molar-refractivity contribution is 0.601. The van der Waals surface area contributed by atoms with Crippen LogP contribution in [-0.2, 0) is 0 Å². The molecule has 0 radical (unpaired) electrons. The molecule has 58 valence electrons. The van der Waals surface area contributed by atoms with Gasteiger partial charge in [0.15, 0.2) is 0 Å². The van der Waals surface area contributed by atoms with Crippen molar-refractivity contribution in [1.29, 1.82) is 0 Å². The topological polar surface area (TPSA) is 38.9 Å². The maximum atomic E-state index is 13.0. The molecule has 2 N–H and O–H groups in total. The fraction of sp³-hybridized carbons (Fsp3) is 0.375. The summed E-state index contributed by atoms with van der Waals surface area (Å²) < 4.78 is 13.0. The Morgan fingerprint density at radius 2 is 2.27 bits per heavy atom. The van der Waals surface area contributed by atoms with Crippen LogP contribution in [0.2, 0.25) is 0 Å². The van der Waals surface area contributed by atoms with Gasteiger partial charge in [0.1, 0.15) is 5.82 Å². The molecule has 1 heterocycles. The van der Waals surface area contributed by atoms with Gasteiger partial charge in [0.2, 0.25) is 0 Å². The predicted octanol–water partition coefficient (Wildman–Crippen LogP) is 1.68. The fourth-order valence-corrected chi connectivity index (χ4v) is 1.12. The van der Waals surface area contributed by atoms with E-state index in [2.05, 4.69) is 4.98 Å². The fourth-order valence-electron chi connectivity index (χ4n) is 1.12. The molecule has 0 atom stereocenters. The molecule has 1 aromatic rings. The van der Waals surface area contributed by atoms with Crippen LogP contribution in [0.15, 0.2) is 12.3 Å². The smallest absolute Gasteiger partial charge is 0.147 e. The number of halogens is 1. The average Bonchev–Trinajstić information content (AvgIpc) is 2.70. The number of nitrogens with zero attached hydrogens (tertiary/aromatic N) is 1. The number of rotatable bonds is 1. The first-order valence-electron chi connectivity index (χ1n) is 3.68. The number of anilines is 1. The largest absolute Gasteiger partial charge is 0.397 e. The molecule has 1 aliphatic rings. The molecular weight excluding hydrogens is 143 g/mol. The molecule has 1 aliphatic carbocycles. The molecule has 0 unspecified atom stereocenters. The van der Waals surface area contributed by atoms with Crippen molar-refractivity contribution < 1.29 is 4.39 Å². The summed E-state index contributed by atoms with van der Waals surface area (Å²) in [7, 11) is 0. The van der Waals surface area contributed by atoms with Gasteiger partial charge in [-0.2, -0.15) is 0 Å². The summed E-state index contributed by atoms with van der Waals surface area (Å²) >= 11 is 0. The van der Waals surface area contributed by atoms with Gasteiger partial charge in [0.05, 0.1) is 17.6 Å². The molecule has 2 rings (SSSR count). The minimum Gasteiger partial charge on any atom is -0.397 e. The van der Waals surface area contributed by atoms with E-state index in [-0.39, 0.29) is 5.82 Å². The van der Waals surface area contributed by atoms with Crippen LogP contribution in [-0.4, -0.2) is 4.98 Å². The van der Waals surface area contributed by atoms with Gasteiger partial charge in [-0.3, -0.25) is 4.98 Å². The summed E-state index contributed by atoms with van der Waals surface area (Å²) in [6.45, 7) is 0. The van der Waals surface area contributed by atoms with E-state index < -0.39 is 0 Å². The molecule has 0 aliphatic heterocycles. The highest BCUT2D eigenvalue weighted by Crippen LogP contribution is 2.40. The van der Waals surface area contributed by atoms with Gasteiger partial charge in [-0.1, -0.05) is 0 Å². The predicted molar refractivity (Wildman–Crippen MR) is 40.6 cm³/mol. The van der Waals surface area contributed by atoms with Crippen molar-refractivity contribution in [3.63, 3.8) is 0 Å². The number of aromatic nitrogens is 1. The normalized spacial score (nSPS) is 16.8. The molecule has 0 aromatic carbocycles. The summed E-state index contributed by atoms with van der Waals surface area (Å²) in [6.07, 6.45) is 3.64. The standard InChI is InChI=1S/C8H9FN2/c9-7-3-6(10)4-11-8(7)5-1-2-5/h3-5H,1-2,10H2. The van der Waals surface area contributed by atoms with Crippen LogP contribution in [0.1, 0.15) is 24.5 Å². The zero-order valence-corrected chi connectivity index (χ0v) is 6.05. The molecule has 1 aromatic heterocycles. The molecule has 0 saturated heterocycles. The molecule has 1 saturated carbocycles. The van der Waals surface area contributed by atoms with E-state index in [0.717, 1.165) is 12.8 Å². The van der Waals surface area contributed by atoms with Crippen molar-refractivity contribution in [3.8, 4) is 0 Å². The van der Waals surface area contributed by atoms with Crippen molar-refractivity contribution in [2.45, 2.75) is 18.8 Å². The van der Waals surface area contributed by atoms with Crippen LogP contribution >= 0.6 is 0 Å². The minimum absolute atomic E-state index is 0.257. The molecule has 0 spiro atoms. The number of nitrogens with two attached hydrogens (primary N) is 1. The second-order valence-corrected chi connectivity index (χ2v) is 2.91. The van der Waals surface area contributed by atoms with E-state index >= 15 is 0 Å². The molecule has 11 heavy (non-hydrogen) atoms. The first-order valence-corrected chi connectivity index (χ1v) is 3.68. The highest BCUT2D eigenvalue weighted by Gasteiger charge is 2.27. The number of pyridine rings is 1. The summed E-state index contributed by atoms with van der Waals surface area (Å²) in [4.78, 5) is 3.94. The quantitative estimate of drug-likeness (QED) is 0.664. The van der Waals surface area contributed by atoms with Gasteiger partial charge in [0, 0.05) is 12.0 Å². The Labute approximate surface area is 64.2 Å². The van der Waals surface area contributed by atoms with E-state index in [1.165, 1.54) is 12.3 Å². The Bertz CT molecular complexity index is 281. The Morgan fingerprint density at radius 1 is 1.55 bits per heavy atom. The first kappa shape index (κ1) is 6.58. The third kappa shape index (κ3) is 1.18. The molecular formula is C8H9FN2. The maximum Gasteiger partial charge on any atom is 0.147 e.